The fraction of sp³-hybridized carbons (Fsp3) is 0.267. The Morgan fingerprint density at radius 2 is 2.10 bits per heavy atom. The lowest BCUT2D eigenvalue weighted by Crippen LogP contribution is -2.35. The molecule has 5 heteroatoms. The van der Waals surface area contributed by atoms with E-state index < -0.39 is 9.96 Å². The molecule has 1 aromatic carbocycles. The number of carbonyl (C=O) groups excluding carboxylic acids is 1. The van der Waals surface area contributed by atoms with Gasteiger partial charge in [-0.05, 0) is 45.6 Å². The van der Waals surface area contributed by atoms with Crippen LogP contribution >= 0.6 is 27.5 Å². The standard InChI is InChI=1S/C15H13BrClFO2/c1-9-5-3-4-6-10(9)11-7-13(20-2)12(8-19)15(16,18)14(11)17/h3-8,14H,1-2H3. The summed E-state index contributed by atoms with van der Waals surface area (Å²) in [6.45, 7) is 1.92. The first kappa shape index (κ1) is 15.3. The summed E-state index contributed by atoms with van der Waals surface area (Å²) in [6, 6.07) is 7.52. The van der Waals surface area contributed by atoms with Crippen molar-refractivity contribution >= 4 is 39.4 Å². The Morgan fingerprint density at radius 3 is 2.65 bits per heavy atom. The van der Waals surface area contributed by atoms with E-state index in [1.54, 1.807) is 6.08 Å². The molecule has 2 atom stereocenters. The van der Waals surface area contributed by atoms with Crippen LogP contribution < -0.4 is 0 Å². The number of rotatable bonds is 3. The molecule has 0 N–H and O–H groups in total. The Bertz CT molecular complexity index is 608. The molecule has 0 saturated carbocycles. The highest BCUT2D eigenvalue weighted by molar-refractivity contribution is 9.10. The van der Waals surface area contributed by atoms with Gasteiger partial charge in [0, 0.05) is 0 Å². The Labute approximate surface area is 130 Å². The molecule has 0 spiro atoms. The van der Waals surface area contributed by atoms with Crippen molar-refractivity contribution in [2.75, 3.05) is 7.11 Å². The minimum absolute atomic E-state index is 0.141. The van der Waals surface area contributed by atoms with Crippen molar-refractivity contribution in [3.05, 3.63) is 52.8 Å². The average molecular weight is 360 g/mol. The summed E-state index contributed by atoms with van der Waals surface area (Å²) in [5, 5.41) is -1.03. The summed E-state index contributed by atoms with van der Waals surface area (Å²) in [4.78, 5) is 11.1. The Morgan fingerprint density at radius 1 is 1.45 bits per heavy atom. The van der Waals surface area contributed by atoms with Gasteiger partial charge in [0.1, 0.15) is 11.1 Å². The average Bonchev–Trinajstić information content (AvgIpc) is 2.42. The number of aryl methyl sites for hydroxylation is 1. The van der Waals surface area contributed by atoms with Gasteiger partial charge in [-0.1, -0.05) is 24.3 Å². The number of alkyl halides is 3. The van der Waals surface area contributed by atoms with E-state index >= 15 is 0 Å². The zero-order chi connectivity index (χ0) is 14.9. The first-order valence-electron chi connectivity index (χ1n) is 5.96. The molecule has 2 unspecified atom stereocenters. The van der Waals surface area contributed by atoms with Gasteiger partial charge in [-0.3, -0.25) is 4.79 Å². The van der Waals surface area contributed by atoms with Gasteiger partial charge in [0.15, 0.2) is 6.29 Å². The van der Waals surface area contributed by atoms with Crippen LogP contribution in [0.5, 0.6) is 0 Å². The third kappa shape index (κ3) is 2.42. The molecular formula is C15H13BrClFO2. The molecule has 0 saturated heterocycles. The molecule has 0 radical (unpaired) electrons. The number of methoxy groups -OCH3 is 1. The second-order valence-electron chi connectivity index (χ2n) is 4.50. The number of allylic oxidation sites excluding steroid dienone is 3. The number of hydrogen-bond acceptors (Lipinski definition) is 2. The third-order valence-corrected chi connectivity index (χ3v) is 4.98. The van der Waals surface area contributed by atoms with Gasteiger partial charge >= 0.3 is 0 Å². The van der Waals surface area contributed by atoms with E-state index in [1.165, 1.54) is 7.11 Å². The summed E-state index contributed by atoms with van der Waals surface area (Å²) < 4.78 is 17.8. The minimum atomic E-state index is -2.16. The van der Waals surface area contributed by atoms with Crippen molar-refractivity contribution in [1.29, 1.82) is 0 Å². The minimum Gasteiger partial charge on any atom is -0.496 e. The second-order valence-corrected chi connectivity index (χ2v) is 6.09. The van der Waals surface area contributed by atoms with Crippen molar-refractivity contribution in [3.63, 3.8) is 0 Å². The van der Waals surface area contributed by atoms with Gasteiger partial charge in [-0.2, -0.15) is 0 Å². The number of carbonyl (C=O) groups is 1. The van der Waals surface area contributed by atoms with E-state index in [2.05, 4.69) is 15.9 Å². The monoisotopic (exact) mass is 358 g/mol. The van der Waals surface area contributed by atoms with E-state index in [-0.39, 0.29) is 11.3 Å². The van der Waals surface area contributed by atoms with Gasteiger partial charge in [0.05, 0.1) is 12.7 Å². The van der Waals surface area contributed by atoms with Crippen LogP contribution in [0.1, 0.15) is 11.1 Å². The van der Waals surface area contributed by atoms with Crippen LogP contribution in [0.2, 0.25) is 0 Å². The molecule has 0 fully saturated rings. The highest BCUT2D eigenvalue weighted by Gasteiger charge is 2.46. The molecule has 0 aliphatic heterocycles. The van der Waals surface area contributed by atoms with Crippen LogP contribution in [-0.4, -0.2) is 23.4 Å². The number of ether oxygens (including phenoxy) is 1. The summed E-state index contributed by atoms with van der Waals surface area (Å²) in [5.41, 5.74) is 2.23. The van der Waals surface area contributed by atoms with Gasteiger partial charge in [0.25, 0.3) is 0 Å². The predicted octanol–water partition coefficient (Wildman–Crippen LogP) is 4.16. The maximum atomic E-state index is 14.8. The second kappa shape index (κ2) is 5.70. The molecule has 2 nitrogen and oxygen atoms in total. The molecule has 106 valence electrons. The molecule has 1 aliphatic carbocycles. The summed E-state index contributed by atoms with van der Waals surface area (Å²) in [6.07, 6.45) is 2.04. The number of halogens is 3. The summed E-state index contributed by atoms with van der Waals surface area (Å²) in [5.74, 6) is 0.175. The van der Waals surface area contributed by atoms with Crippen molar-refractivity contribution in [2.24, 2.45) is 0 Å². The van der Waals surface area contributed by atoms with Crippen LogP contribution in [0.3, 0.4) is 0 Å². The van der Waals surface area contributed by atoms with Gasteiger partial charge in [-0.25, -0.2) is 4.39 Å². The van der Waals surface area contributed by atoms with E-state index in [0.29, 0.717) is 11.9 Å². The van der Waals surface area contributed by atoms with Crippen LogP contribution in [-0.2, 0) is 9.53 Å². The van der Waals surface area contributed by atoms with Gasteiger partial charge in [0.2, 0.25) is 4.58 Å². The van der Waals surface area contributed by atoms with Crippen molar-refractivity contribution in [1.82, 2.24) is 0 Å². The Balaban J connectivity index is 2.66. The fourth-order valence-electron chi connectivity index (χ4n) is 2.20. The van der Waals surface area contributed by atoms with Crippen molar-refractivity contribution in [3.8, 4) is 0 Å². The smallest absolute Gasteiger partial charge is 0.217 e. The van der Waals surface area contributed by atoms with E-state index in [4.69, 9.17) is 16.3 Å². The zero-order valence-electron chi connectivity index (χ0n) is 11.0. The molecular weight excluding hydrogens is 347 g/mol. The number of benzene rings is 1. The van der Waals surface area contributed by atoms with Crippen molar-refractivity contribution in [2.45, 2.75) is 16.9 Å². The number of aldehydes is 1. The van der Waals surface area contributed by atoms with E-state index in [0.717, 1.165) is 11.1 Å². The third-order valence-electron chi connectivity index (χ3n) is 3.30. The van der Waals surface area contributed by atoms with Crippen LogP contribution in [0, 0.1) is 6.92 Å². The highest BCUT2D eigenvalue weighted by atomic mass is 79.9. The largest absolute Gasteiger partial charge is 0.496 e. The molecule has 1 aliphatic rings. The van der Waals surface area contributed by atoms with Crippen LogP contribution in [0.15, 0.2) is 41.7 Å². The lowest BCUT2D eigenvalue weighted by molar-refractivity contribution is -0.105. The lowest BCUT2D eigenvalue weighted by Gasteiger charge is -2.31. The molecule has 0 heterocycles. The molecule has 0 aromatic heterocycles. The summed E-state index contributed by atoms with van der Waals surface area (Å²) in [7, 11) is 1.39. The molecule has 20 heavy (non-hydrogen) atoms. The normalized spacial score (nSPS) is 26.2. The van der Waals surface area contributed by atoms with Gasteiger partial charge < -0.3 is 4.74 Å². The Kier molecular flexibility index (Phi) is 4.35. The lowest BCUT2D eigenvalue weighted by atomic mass is 9.88. The van der Waals surface area contributed by atoms with Crippen LogP contribution in [0.25, 0.3) is 5.57 Å². The molecule has 0 amide bonds. The zero-order valence-corrected chi connectivity index (χ0v) is 13.3. The first-order chi connectivity index (χ1) is 9.43. The van der Waals surface area contributed by atoms with E-state index in [9.17, 15) is 9.18 Å². The molecule has 0 bridgehead atoms. The quantitative estimate of drug-likeness (QED) is 0.598. The Hall–Kier alpha value is -1.13. The SMILES string of the molecule is COC1=C(C=O)C(F)(Br)C(Cl)C(c2ccccc2C)=C1. The predicted molar refractivity (Wildman–Crippen MR) is 81.7 cm³/mol. The first-order valence-corrected chi connectivity index (χ1v) is 7.19. The topological polar surface area (TPSA) is 26.3 Å². The number of hydrogen-bond donors (Lipinski definition) is 0. The summed E-state index contributed by atoms with van der Waals surface area (Å²) >= 11 is 9.16. The highest BCUT2D eigenvalue weighted by Crippen LogP contribution is 2.47. The fourth-order valence-corrected chi connectivity index (χ4v) is 3.04. The van der Waals surface area contributed by atoms with Crippen LogP contribution in [0.4, 0.5) is 4.39 Å². The maximum Gasteiger partial charge on any atom is 0.217 e. The molecule has 1 aromatic rings. The van der Waals surface area contributed by atoms with E-state index in [1.807, 2.05) is 31.2 Å². The van der Waals surface area contributed by atoms with Crippen molar-refractivity contribution < 1.29 is 13.9 Å². The maximum absolute atomic E-state index is 14.8. The van der Waals surface area contributed by atoms with Gasteiger partial charge in [-0.15, -0.1) is 11.6 Å². The molecule has 2 rings (SSSR count).